The lowest BCUT2D eigenvalue weighted by molar-refractivity contribution is -0.143. The Balaban J connectivity index is 5.30. The second-order valence-electron chi connectivity index (χ2n) is 17.9. The van der Waals surface area contributed by atoms with Crippen LogP contribution in [0, 0.1) is 0 Å². The Hall–Kier alpha value is -3.60. The average molecular weight is 1000 g/mol. The first-order valence-electron chi connectivity index (χ1n) is 26.0. The zero-order valence-electron chi connectivity index (χ0n) is 42.1. The fourth-order valence-electron chi connectivity index (χ4n) is 7.48. The SMILES string of the molecule is CCCCCCCCCCCCCCCC(=O)OCCSC[C@H](N)C(=O)N[C@@H](CO)C(=O)N[C@@H](CCCCN)C(=O)N[C@@H](CCCCN)C(=O)N[C@@H](CCCCN)C(=O)N[C@@H](CCCCN)C(N)=O. The first-order chi connectivity index (χ1) is 33.3. The minimum absolute atomic E-state index is 0.112. The number of nitrogens with one attached hydrogen (secondary N) is 5. The predicted octanol–water partition coefficient (Wildman–Crippen LogP) is 1.49. The third-order valence-corrected chi connectivity index (χ3v) is 12.8. The van der Waals surface area contributed by atoms with Crippen molar-refractivity contribution < 1.29 is 43.4 Å². The maximum atomic E-state index is 13.9. The molecule has 18 N–H and O–H groups in total. The van der Waals surface area contributed by atoms with Crippen molar-refractivity contribution in [1.29, 1.82) is 0 Å². The van der Waals surface area contributed by atoms with Crippen LogP contribution in [0.25, 0.3) is 0 Å². The van der Waals surface area contributed by atoms with Crippen LogP contribution in [0.4, 0.5) is 0 Å². The number of carbonyl (C=O) groups excluding carboxylic acids is 7. The molecule has 0 radical (unpaired) electrons. The van der Waals surface area contributed by atoms with Crippen molar-refractivity contribution in [3.63, 3.8) is 0 Å². The largest absolute Gasteiger partial charge is 0.465 e. The van der Waals surface area contributed by atoms with Gasteiger partial charge < -0.3 is 70.8 Å². The van der Waals surface area contributed by atoms with Crippen LogP contribution < -0.4 is 61.0 Å². The summed E-state index contributed by atoms with van der Waals surface area (Å²) in [7, 11) is 0. The van der Waals surface area contributed by atoms with Crippen molar-refractivity contribution in [3.05, 3.63) is 0 Å². The molecule has 0 aliphatic rings. The topological polar surface area (TPSA) is 365 Å². The molecule has 0 aromatic carbocycles. The van der Waals surface area contributed by atoms with Gasteiger partial charge in [-0.15, -0.1) is 0 Å². The summed E-state index contributed by atoms with van der Waals surface area (Å²) < 4.78 is 5.34. The van der Waals surface area contributed by atoms with Crippen LogP contribution >= 0.6 is 11.8 Å². The Kier molecular flexibility index (Phi) is 42.0. The molecule has 0 fully saturated rings. The summed E-state index contributed by atoms with van der Waals surface area (Å²) in [6, 6.07) is -6.95. The maximum Gasteiger partial charge on any atom is 0.305 e. The van der Waals surface area contributed by atoms with Gasteiger partial charge in [0.2, 0.25) is 35.4 Å². The van der Waals surface area contributed by atoms with Gasteiger partial charge in [0.25, 0.3) is 0 Å². The molecular formula is C48H95N11O9S. The van der Waals surface area contributed by atoms with E-state index in [0.29, 0.717) is 89.7 Å². The predicted molar refractivity (Wildman–Crippen MR) is 274 cm³/mol. The summed E-state index contributed by atoms with van der Waals surface area (Å²) in [5.74, 6) is -4.00. The summed E-state index contributed by atoms with van der Waals surface area (Å²) in [5, 5.41) is 23.3. The zero-order valence-corrected chi connectivity index (χ0v) is 42.9. The van der Waals surface area contributed by atoms with E-state index in [2.05, 4.69) is 33.5 Å². The number of primary amides is 1. The van der Waals surface area contributed by atoms with Crippen molar-refractivity contribution >= 4 is 53.2 Å². The number of thioether (sulfide) groups is 1. The number of hydrogen-bond acceptors (Lipinski definition) is 15. The summed E-state index contributed by atoms with van der Waals surface area (Å²) in [4.78, 5) is 92.1. The Labute approximate surface area is 417 Å². The van der Waals surface area contributed by atoms with Crippen LogP contribution in [-0.2, 0) is 38.3 Å². The van der Waals surface area contributed by atoms with Crippen molar-refractivity contribution in [1.82, 2.24) is 26.6 Å². The molecular weight excluding hydrogens is 907 g/mol. The van der Waals surface area contributed by atoms with Crippen LogP contribution in [0.5, 0.6) is 0 Å². The van der Waals surface area contributed by atoms with Crippen molar-refractivity contribution in [2.45, 2.75) is 210 Å². The first-order valence-corrected chi connectivity index (χ1v) is 27.2. The lowest BCUT2D eigenvalue weighted by Gasteiger charge is -2.27. The van der Waals surface area contributed by atoms with E-state index in [1.807, 2.05) is 0 Å². The summed E-state index contributed by atoms with van der Waals surface area (Å²) in [6.07, 6.45) is 21.1. The van der Waals surface area contributed by atoms with Crippen LogP contribution in [0.1, 0.15) is 174 Å². The zero-order chi connectivity index (χ0) is 51.5. The van der Waals surface area contributed by atoms with Gasteiger partial charge in [0.15, 0.2) is 0 Å². The summed E-state index contributed by atoms with van der Waals surface area (Å²) in [5.41, 5.74) is 34.4. The van der Waals surface area contributed by atoms with Crippen LogP contribution in [-0.4, -0.2) is 134 Å². The second kappa shape index (κ2) is 44.3. The average Bonchev–Trinajstić information content (AvgIpc) is 3.32. The molecule has 21 heteroatoms. The van der Waals surface area contributed by atoms with E-state index in [1.54, 1.807) is 0 Å². The highest BCUT2D eigenvalue weighted by Crippen LogP contribution is 2.14. The number of esters is 1. The third-order valence-electron chi connectivity index (χ3n) is 11.8. The van der Waals surface area contributed by atoms with Gasteiger partial charge in [0.05, 0.1) is 12.6 Å². The van der Waals surface area contributed by atoms with Crippen molar-refractivity contribution in [3.8, 4) is 0 Å². The highest BCUT2D eigenvalue weighted by Gasteiger charge is 2.32. The van der Waals surface area contributed by atoms with Gasteiger partial charge in [-0.3, -0.25) is 33.6 Å². The maximum absolute atomic E-state index is 13.9. The Morgan fingerprint density at radius 1 is 0.478 bits per heavy atom. The van der Waals surface area contributed by atoms with Crippen LogP contribution in [0.15, 0.2) is 0 Å². The molecule has 6 amide bonds. The molecule has 0 aromatic heterocycles. The molecule has 402 valence electrons. The second-order valence-corrected chi connectivity index (χ2v) is 19.1. The number of rotatable bonds is 47. The van der Waals surface area contributed by atoms with Crippen LogP contribution in [0.2, 0.25) is 0 Å². The smallest absolute Gasteiger partial charge is 0.305 e. The lowest BCUT2D eigenvalue weighted by Crippen LogP contribution is -2.60. The summed E-state index contributed by atoms with van der Waals surface area (Å²) >= 11 is 1.30. The Morgan fingerprint density at radius 2 is 0.826 bits per heavy atom. The number of aliphatic hydroxyl groups is 1. The monoisotopic (exact) mass is 1000 g/mol. The van der Waals surface area contributed by atoms with Gasteiger partial charge in [-0.2, -0.15) is 11.8 Å². The minimum atomic E-state index is -1.46. The first kappa shape index (κ1) is 65.4. The van der Waals surface area contributed by atoms with E-state index in [0.717, 1.165) is 19.3 Å². The van der Waals surface area contributed by atoms with Gasteiger partial charge in [-0.05, 0) is 110 Å². The molecule has 0 rings (SSSR count). The Bertz CT molecular complexity index is 1400. The van der Waals surface area contributed by atoms with Gasteiger partial charge in [-0.1, -0.05) is 84.0 Å². The number of nitrogens with two attached hydrogens (primary N) is 6. The third kappa shape index (κ3) is 34.4. The number of aliphatic hydroxyl groups excluding tert-OH is 1. The number of amides is 6. The molecule has 0 aliphatic heterocycles. The van der Waals surface area contributed by atoms with Crippen LogP contribution in [0.3, 0.4) is 0 Å². The van der Waals surface area contributed by atoms with E-state index in [-0.39, 0.29) is 44.0 Å². The van der Waals surface area contributed by atoms with E-state index < -0.39 is 78.3 Å². The standard InChI is InChI=1S/C48H95N11O9S/c1-2-3-4-5-6-7-8-9-10-11-12-13-14-27-42(61)68-32-33-69-35-36(53)44(63)59-41(34-60)48(67)58-40(26-18-22-31-52)47(66)57-39(25-17-21-30-51)46(65)56-38(24-16-20-29-50)45(64)55-37(43(54)62)23-15-19-28-49/h36-41,60H,2-35,49-53H2,1H3,(H2,54,62)(H,55,64)(H,56,65)(H,57,66)(H,58,67)(H,59,63)/t36-,37-,38-,39-,40-,41-/m0/s1. The van der Waals surface area contributed by atoms with Crippen molar-refractivity contribution in [2.75, 3.05) is 50.9 Å². The number of hydrogen-bond donors (Lipinski definition) is 12. The molecule has 20 nitrogen and oxygen atoms in total. The van der Waals surface area contributed by atoms with Gasteiger partial charge in [-0.25, -0.2) is 0 Å². The molecule has 0 saturated carbocycles. The molecule has 69 heavy (non-hydrogen) atoms. The molecule has 0 aromatic rings. The van der Waals surface area contributed by atoms with Gasteiger partial charge in [0, 0.05) is 17.9 Å². The molecule has 0 aliphatic carbocycles. The highest BCUT2D eigenvalue weighted by molar-refractivity contribution is 7.99. The molecule has 0 bridgehead atoms. The number of unbranched alkanes of at least 4 members (excludes halogenated alkanes) is 16. The quantitative estimate of drug-likeness (QED) is 0.0304. The summed E-state index contributed by atoms with van der Waals surface area (Å²) in [6.45, 7) is 3.00. The number of carbonyl (C=O) groups is 7. The minimum Gasteiger partial charge on any atom is -0.465 e. The van der Waals surface area contributed by atoms with Gasteiger partial charge in [0.1, 0.15) is 36.8 Å². The molecule has 0 unspecified atom stereocenters. The fourth-order valence-corrected chi connectivity index (χ4v) is 8.26. The van der Waals surface area contributed by atoms with E-state index in [4.69, 9.17) is 39.1 Å². The molecule has 0 spiro atoms. The Morgan fingerprint density at radius 3 is 1.20 bits per heavy atom. The van der Waals surface area contributed by atoms with Crippen molar-refractivity contribution in [2.24, 2.45) is 34.4 Å². The molecule has 6 atom stereocenters. The molecule has 0 heterocycles. The molecule has 0 saturated heterocycles. The van der Waals surface area contributed by atoms with E-state index in [1.165, 1.54) is 76.0 Å². The highest BCUT2D eigenvalue weighted by atomic mass is 32.2. The number of ether oxygens (including phenoxy) is 1. The van der Waals surface area contributed by atoms with Gasteiger partial charge >= 0.3 is 5.97 Å². The normalized spacial score (nSPS) is 13.8. The van der Waals surface area contributed by atoms with E-state index in [9.17, 15) is 38.7 Å². The lowest BCUT2D eigenvalue weighted by atomic mass is 10.0. The van der Waals surface area contributed by atoms with E-state index >= 15 is 0 Å². The fraction of sp³-hybridized carbons (Fsp3) is 0.854.